The minimum Gasteiger partial charge on any atom is -0.352 e. The molecule has 2 amide bonds. The fourth-order valence-electron chi connectivity index (χ4n) is 3.58. The van der Waals surface area contributed by atoms with Gasteiger partial charge in [0.1, 0.15) is 5.69 Å². The van der Waals surface area contributed by atoms with Crippen LogP contribution in [0.25, 0.3) is 11.1 Å². The molecule has 162 valence electrons. The summed E-state index contributed by atoms with van der Waals surface area (Å²) in [6.45, 7) is 4.84. The minimum atomic E-state index is -0.137. The summed E-state index contributed by atoms with van der Waals surface area (Å²) in [4.78, 5) is 25.1. The lowest BCUT2D eigenvalue weighted by Gasteiger charge is -2.27. The van der Waals surface area contributed by atoms with E-state index < -0.39 is 0 Å². The number of likely N-dealkylation sites (N-methyl/N-ethyl adjacent to an activating group) is 1. The Kier molecular flexibility index (Phi) is 8.15. The van der Waals surface area contributed by atoms with Crippen molar-refractivity contribution in [1.29, 1.82) is 0 Å². The Morgan fingerprint density at radius 1 is 1.37 bits per heavy atom. The normalized spacial score (nSPS) is 16.7. The highest BCUT2D eigenvalue weighted by molar-refractivity contribution is 14.1. The molecule has 0 saturated heterocycles. The van der Waals surface area contributed by atoms with Crippen molar-refractivity contribution in [3.63, 3.8) is 0 Å². The number of carbonyl (C=O) groups excluding carboxylic acids is 2. The van der Waals surface area contributed by atoms with E-state index in [4.69, 9.17) is 11.6 Å². The van der Waals surface area contributed by atoms with Gasteiger partial charge in [-0.15, -0.1) is 0 Å². The number of halogens is 2. The molecule has 0 unspecified atom stereocenters. The van der Waals surface area contributed by atoms with Crippen LogP contribution in [0, 0.1) is 3.70 Å². The third-order valence-corrected chi connectivity index (χ3v) is 6.37. The molecule has 0 radical (unpaired) electrons. The van der Waals surface area contributed by atoms with E-state index in [1.807, 2.05) is 48.9 Å². The van der Waals surface area contributed by atoms with Crippen LogP contribution in [0.1, 0.15) is 29.9 Å². The van der Waals surface area contributed by atoms with E-state index in [9.17, 15) is 9.59 Å². The second-order valence-electron chi connectivity index (χ2n) is 7.46. The number of fused-ring (bicyclic) bond motifs is 1. The number of nitrogens with zero attached hydrogens (tertiary/aromatic N) is 1. The molecule has 7 nitrogen and oxygen atoms in total. The van der Waals surface area contributed by atoms with Crippen LogP contribution in [-0.4, -0.2) is 55.6 Å². The SMILES string of the molecule is CNCCNC[C@H](C)NC(=O)C[C@@H]1CNC(=O)c2cc(-c3cccc(Cl)c3)c(I)n21. The Hall–Kier alpha value is -1.62. The van der Waals surface area contributed by atoms with Crippen molar-refractivity contribution in [2.75, 3.05) is 33.2 Å². The van der Waals surface area contributed by atoms with Gasteiger partial charge in [0.05, 0.1) is 9.74 Å². The van der Waals surface area contributed by atoms with Crippen molar-refractivity contribution in [2.24, 2.45) is 0 Å². The fraction of sp³-hybridized carbons (Fsp3) is 0.429. The van der Waals surface area contributed by atoms with Gasteiger partial charge in [-0.05, 0) is 60.3 Å². The minimum absolute atomic E-state index is 0.0257. The van der Waals surface area contributed by atoms with E-state index in [2.05, 4.69) is 43.9 Å². The highest BCUT2D eigenvalue weighted by atomic mass is 127. The summed E-state index contributed by atoms with van der Waals surface area (Å²) in [5.74, 6) is -0.154. The standard InChI is InChI=1S/C21H27ClIN5O2/c1-13(11-25-7-6-24-2)27-19(29)9-16-12-26-21(30)18-10-17(20(23)28(16)18)14-4-3-5-15(22)8-14/h3-5,8,10,13,16,24-25H,6-7,9,11-12H2,1-2H3,(H,26,30)(H,27,29)/t13-,16+/m0/s1. The summed E-state index contributed by atoms with van der Waals surface area (Å²) in [6.07, 6.45) is 0.299. The van der Waals surface area contributed by atoms with Crippen LogP contribution in [0.2, 0.25) is 5.02 Å². The van der Waals surface area contributed by atoms with Gasteiger partial charge in [0.25, 0.3) is 5.91 Å². The number of amides is 2. The largest absolute Gasteiger partial charge is 0.352 e. The van der Waals surface area contributed by atoms with Gasteiger partial charge in [-0.1, -0.05) is 23.7 Å². The Balaban J connectivity index is 1.72. The number of aromatic nitrogens is 1. The lowest BCUT2D eigenvalue weighted by molar-refractivity contribution is -0.122. The third-order valence-electron chi connectivity index (χ3n) is 5.04. The van der Waals surface area contributed by atoms with E-state index in [0.29, 0.717) is 30.2 Å². The van der Waals surface area contributed by atoms with E-state index in [1.54, 1.807) is 0 Å². The highest BCUT2D eigenvalue weighted by Crippen LogP contribution is 2.34. The van der Waals surface area contributed by atoms with Gasteiger partial charge in [-0.3, -0.25) is 9.59 Å². The predicted octanol–water partition coefficient (Wildman–Crippen LogP) is 2.40. The highest BCUT2D eigenvalue weighted by Gasteiger charge is 2.30. The molecule has 1 aromatic heterocycles. The average molecular weight is 544 g/mol. The first-order chi connectivity index (χ1) is 14.4. The van der Waals surface area contributed by atoms with Crippen molar-refractivity contribution in [3.8, 4) is 11.1 Å². The summed E-state index contributed by atoms with van der Waals surface area (Å²) < 4.78 is 2.91. The van der Waals surface area contributed by atoms with Crippen molar-refractivity contribution in [1.82, 2.24) is 25.8 Å². The maximum absolute atomic E-state index is 12.6. The molecule has 0 saturated carbocycles. The van der Waals surface area contributed by atoms with Gasteiger partial charge in [0, 0.05) is 49.2 Å². The summed E-state index contributed by atoms with van der Waals surface area (Å²) in [6, 6.07) is 9.33. The number of nitrogens with one attached hydrogen (secondary N) is 4. The van der Waals surface area contributed by atoms with Crippen molar-refractivity contribution in [3.05, 3.63) is 44.7 Å². The lowest BCUT2D eigenvalue weighted by atomic mass is 10.1. The molecule has 2 heterocycles. The average Bonchev–Trinajstić information content (AvgIpc) is 3.06. The third kappa shape index (κ3) is 5.54. The molecule has 0 spiro atoms. The van der Waals surface area contributed by atoms with Crippen LogP contribution in [0.15, 0.2) is 30.3 Å². The Morgan fingerprint density at radius 3 is 2.90 bits per heavy atom. The molecule has 2 aromatic rings. The van der Waals surface area contributed by atoms with Crippen LogP contribution in [-0.2, 0) is 4.79 Å². The lowest BCUT2D eigenvalue weighted by Crippen LogP contribution is -2.44. The number of hydrogen-bond acceptors (Lipinski definition) is 4. The smallest absolute Gasteiger partial charge is 0.268 e. The number of carbonyl (C=O) groups is 2. The van der Waals surface area contributed by atoms with Crippen LogP contribution in [0.3, 0.4) is 0 Å². The Morgan fingerprint density at radius 2 is 2.17 bits per heavy atom. The van der Waals surface area contributed by atoms with Crippen molar-refractivity contribution < 1.29 is 9.59 Å². The molecule has 1 aliphatic rings. The first kappa shape index (κ1) is 23.1. The number of benzene rings is 1. The Labute approximate surface area is 195 Å². The molecule has 4 N–H and O–H groups in total. The summed E-state index contributed by atoms with van der Waals surface area (Å²) >= 11 is 8.40. The first-order valence-corrected chi connectivity index (χ1v) is 11.5. The monoisotopic (exact) mass is 543 g/mol. The maximum atomic E-state index is 12.6. The van der Waals surface area contributed by atoms with Crippen LogP contribution < -0.4 is 21.3 Å². The molecular weight excluding hydrogens is 517 g/mol. The van der Waals surface area contributed by atoms with Crippen LogP contribution >= 0.6 is 34.2 Å². The molecule has 2 atom stereocenters. The van der Waals surface area contributed by atoms with E-state index in [0.717, 1.165) is 27.9 Å². The fourth-order valence-corrected chi connectivity index (χ4v) is 4.89. The molecule has 1 aliphatic heterocycles. The van der Waals surface area contributed by atoms with Gasteiger partial charge in [-0.25, -0.2) is 0 Å². The summed E-state index contributed by atoms with van der Waals surface area (Å²) in [5, 5.41) is 13.0. The van der Waals surface area contributed by atoms with Gasteiger partial charge in [0.2, 0.25) is 5.91 Å². The summed E-state index contributed by atoms with van der Waals surface area (Å²) in [5.41, 5.74) is 2.46. The zero-order valence-electron chi connectivity index (χ0n) is 17.1. The van der Waals surface area contributed by atoms with E-state index in [-0.39, 0.29) is 23.9 Å². The maximum Gasteiger partial charge on any atom is 0.268 e. The van der Waals surface area contributed by atoms with Gasteiger partial charge in [0.15, 0.2) is 0 Å². The second-order valence-corrected chi connectivity index (χ2v) is 8.92. The molecule has 1 aromatic carbocycles. The Bertz CT molecular complexity index is 917. The first-order valence-electron chi connectivity index (χ1n) is 10.00. The molecule has 0 bridgehead atoms. The topological polar surface area (TPSA) is 87.2 Å². The second kappa shape index (κ2) is 10.6. The van der Waals surface area contributed by atoms with Gasteiger partial charge >= 0.3 is 0 Å². The molecule has 30 heavy (non-hydrogen) atoms. The number of rotatable bonds is 9. The molecule has 3 rings (SSSR count). The van der Waals surface area contributed by atoms with Crippen LogP contribution in [0.5, 0.6) is 0 Å². The molecule has 0 aliphatic carbocycles. The molecular formula is C21H27ClIN5O2. The summed E-state index contributed by atoms with van der Waals surface area (Å²) in [7, 11) is 1.91. The zero-order chi connectivity index (χ0) is 21.7. The van der Waals surface area contributed by atoms with E-state index >= 15 is 0 Å². The van der Waals surface area contributed by atoms with Crippen molar-refractivity contribution in [2.45, 2.75) is 25.4 Å². The van der Waals surface area contributed by atoms with Gasteiger partial charge in [-0.2, -0.15) is 0 Å². The van der Waals surface area contributed by atoms with Crippen LogP contribution in [0.4, 0.5) is 0 Å². The zero-order valence-corrected chi connectivity index (χ0v) is 20.0. The van der Waals surface area contributed by atoms with Crippen molar-refractivity contribution >= 4 is 46.0 Å². The molecule has 9 heteroatoms. The predicted molar refractivity (Wildman–Crippen MR) is 128 cm³/mol. The molecule has 0 fully saturated rings. The van der Waals surface area contributed by atoms with Gasteiger partial charge < -0.3 is 25.8 Å². The number of hydrogen-bond donors (Lipinski definition) is 4. The van der Waals surface area contributed by atoms with E-state index in [1.165, 1.54) is 0 Å². The quantitative estimate of drug-likeness (QED) is 0.289.